The minimum absolute atomic E-state index is 0.0992. The van der Waals surface area contributed by atoms with Crippen LogP contribution in [0.2, 0.25) is 5.15 Å². The Labute approximate surface area is 103 Å². The van der Waals surface area contributed by atoms with Crippen molar-refractivity contribution in [2.45, 2.75) is 13.3 Å². The predicted molar refractivity (Wildman–Crippen MR) is 62.7 cm³/mol. The van der Waals surface area contributed by atoms with Crippen molar-refractivity contribution < 1.29 is 9.90 Å². The number of nitrogens with zero attached hydrogens (tertiary/aromatic N) is 3. The van der Waals surface area contributed by atoms with Gasteiger partial charge in [-0.3, -0.25) is 4.57 Å². The van der Waals surface area contributed by atoms with Crippen LogP contribution in [-0.2, 0) is 6.42 Å². The van der Waals surface area contributed by atoms with E-state index in [2.05, 4.69) is 9.97 Å². The molecule has 0 atom stereocenters. The van der Waals surface area contributed by atoms with E-state index in [1.807, 2.05) is 6.92 Å². The van der Waals surface area contributed by atoms with Gasteiger partial charge in [-0.1, -0.05) is 18.5 Å². The summed E-state index contributed by atoms with van der Waals surface area (Å²) in [6.45, 7) is 1.93. The summed E-state index contributed by atoms with van der Waals surface area (Å²) in [5.41, 5.74) is 0.0992. The van der Waals surface area contributed by atoms with E-state index in [9.17, 15) is 4.79 Å². The Morgan fingerprint density at radius 3 is 2.94 bits per heavy atom. The number of aryl methyl sites for hydroxylation is 1. The third kappa shape index (κ3) is 2.14. The highest BCUT2D eigenvalue weighted by atomic mass is 35.5. The van der Waals surface area contributed by atoms with Crippen molar-refractivity contribution in [3.05, 3.63) is 41.1 Å². The molecule has 0 aliphatic carbocycles. The van der Waals surface area contributed by atoms with Crippen LogP contribution in [0.25, 0.3) is 5.82 Å². The topological polar surface area (TPSA) is 68.0 Å². The quantitative estimate of drug-likeness (QED) is 0.849. The largest absolute Gasteiger partial charge is 0.478 e. The van der Waals surface area contributed by atoms with Gasteiger partial charge < -0.3 is 5.11 Å². The van der Waals surface area contributed by atoms with Gasteiger partial charge in [0.1, 0.15) is 16.5 Å². The third-order valence-electron chi connectivity index (χ3n) is 2.33. The molecule has 0 spiro atoms. The van der Waals surface area contributed by atoms with Crippen LogP contribution in [0.4, 0.5) is 0 Å². The normalized spacial score (nSPS) is 10.5. The average molecular weight is 252 g/mol. The maximum atomic E-state index is 11.1. The molecule has 5 nitrogen and oxygen atoms in total. The fourth-order valence-electron chi connectivity index (χ4n) is 1.56. The van der Waals surface area contributed by atoms with E-state index in [0.29, 0.717) is 12.2 Å². The molecular formula is C11H10ClN3O2. The van der Waals surface area contributed by atoms with Crippen LogP contribution in [0.15, 0.2) is 24.5 Å². The molecule has 2 aromatic rings. The number of rotatable bonds is 3. The minimum Gasteiger partial charge on any atom is -0.478 e. The number of imidazole rings is 1. The van der Waals surface area contributed by atoms with Crippen molar-refractivity contribution >= 4 is 17.6 Å². The molecule has 0 saturated heterocycles. The molecule has 0 radical (unpaired) electrons. The summed E-state index contributed by atoms with van der Waals surface area (Å²) in [6, 6.07) is 2.89. The number of carbonyl (C=O) groups is 1. The molecule has 0 aromatic carbocycles. The van der Waals surface area contributed by atoms with Gasteiger partial charge in [0.15, 0.2) is 5.82 Å². The highest BCUT2D eigenvalue weighted by molar-refractivity contribution is 6.29. The van der Waals surface area contributed by atoms with Crippen molar-refractivity contribution in [1.82, 2.24) is 14.5 Å². The summed E-state index contributed by atoms with van der Waals surface area (Å²) in [4.78, 5) is 19.3. The molecule has 17 heavy (non-hydrogen) atoms. The molecule has 2 aromatic heterocycles. The van der Waals surface area contributed by atoms with Gasteiger partial charge in [-0.2, -0.15) is 0 Å². The molecule has 6 heteroatoms. The molecule has 88 valence electrons. The van der Waals surface area contributed by atoms with E-state index in [0.717, 1.165) is 5.82 Å². The molecule has 1 N–H and O–H groups in total. The van der Waals surface area contributed by atoms with Crippen LogP contribution >= 0.6 is 11.6 Å². The van der Waals surface area contributed by atoms with Crippen LogP contribution in [0.1, 0.15) is 23.1 Å². The van der Waals surface area contributed by atoms with E-state index in [4.69, 9.17) is 16.7 Å². The van der Waals surface area contributed by atoms with Crippen molar-refractivity contribution in [1.29, 1.82) is 0 Å². The number of pyridine rings is 1. The average Bonchev–Trinajstić information content (AvgIpc) is 2.76. The lowest BCUT2D eigenvalue weighted by Gasteiger charge is -2.08. The second kappa shape index (κ2) is 4.55. The van der Waals surface area contributed by atoms with Gasteiger partial charge >= 0.3 is 5.97 Å². The second-order valence-electron chi connectivity index (χ2n) is 3.38. The number of carboxylic acid groups (broad SMARTS) is 1. The Morgan fingerprint density at radius 2 is 2.29 bits per heavy atom. The zero-order chi connectivity index (χ0) is 12.4. The molecule has 2 heterocycles. The Bertz CT molecular complexity index is 566. The van der Waals surface area contributed by atoms with Crippen LogP contribution in [0, 0.1) is 0 Å². The molecule has 0 saturated carbocycles. The van der Waals surface area contributed by atoms with Crippen LogP contribution in [0.3, 0.4) is 0 Å². The first-order valence-electron chi connectivity index (χ1n) is 5.06. The summed E-state index contributed by atoms with van der Waals surface area (Å²) >= 11 is 5.80. The summed E-state index contributed by atoms with van der Waals surface area (Å²) in [6.07, 6.45) is 3.96. The van der Waals surface area contributed by atoms with E-state index < -0.39 is 5.97 Å². The Hall–Kier alpha value is -1.88. The lowest BCUT2D eigenvalue weighted by atomic mass is 10.2. The minimum atomic E-state index is -1.04. The number of halogens is 1. The standard InChI is InChI=1S/C11H10ClN3O2/c1-2-9-13-5-6-15(9)10-7(11(16)17)3-4-8(12)14-10/h3-6H,2H2,1H3,(H,16,17). The smallest absolute Gasteiger partial charge is 0.339 e. The number of hydrogen-bond donors (Lipinski definition) is 1. The Kier molecular flexibility index (Phi) is 3.10. The van der Waals surface area contributed by atoms with E-state index in [-0.39, 0.29) is 10.7 Å². The lowest BCUT2D eigenvalue weighted by molar-refractivity contribution is 0.0696. The molecular weight excluding hydrogens is 242 g/mol. The number of carboxylic acids is 1. The van der Waals surface area contributed by atoms with Gasteiger partial charge in [0.2, 0.25) is 0 Å². The van der Waals surface area contributed by atoms with Crippen LogP contribution < -0.4 is 0 Å². The highest BCUT2D eigenvalue weighted by Crippen LogP contribution is 2.17. The Balaban J connectivity index is 2.65. The van der Waals surface area contributed by atoms with Crippen molar-refractivity contribution in [2.75, 3.05) is 0 Å². The van der Waals surface area contributed by atoms with Crippen molar-refractivity contribution in [3.63, 3.8) is 0 Å². The first kappa shape index (κ1) is 11.6. The first-order valence-corrected chi connectivity index (χ1v) is 5.43. The first-order chi connectivity index (χ1) is 8.13. The highest BCUT2D eigenvalue weighted by Gasteiger charge is 2.15. The van der Waals surface area contributed by atoms with Crippen molar-refractivity contribution in [2.24, 2.45) is 0 Å². The zero-order valence-electron chi connectivity index (χ0n) is 9.09. The monoisotopic (exact) mass is 251 g/mol. The van der Waals surface area contributed by atoms with Gasteiger partial charge in [-0.05, 0) is 12.1 Å². The van der Waals surface area contributed by atoms with Crippen molar-refractivity contribution in [3.8, 4) is 5.82 Å². The van der Waals surface area contributed by atoms with Gasteiger partial charge in [0.05, 0.1) is 0 Å². The fourth-order valence-corrected chi connectivity index (χ4v) is 1.71. The maximum Gasteiger partial charge on any atom is 0.339 e. The maximum absolute atomic E-state index is 11.1. The van der Waals surface area contributed by atoms with Crippen LogP contribution in [-0.4, -0.2) is 25.6 Å². The summed E-state index contributed by atoms with van der Waals surface area (Å²) in [5, 5.41) is 9.35. The molecule has 0 fully saturated rings. The molecule has 0 aliphatic rings. The zero-order valence-corrected chi connectivity index (χ0v) is 9.85. The number of hydrogen-bond acceptors (Lipinski definition) is 3. The number of aromatic carboxylic acids is 1. The summed E-state index contributed by atoms with van der Waals surface area (Å²) in [5.74, 6) is -0.0125. The lowest BCUT2D eigenvalue weighted by Crippen LogP contribution is -2.09. The van der Waals surface area contributed by atoms with E-state index in [1.165, 1.54) is 12.1 Å². The molecule has 0 amide bonds. The fraction of sp³-hybridized carbons (Fsp3) is 0.182. The van der Waals surface area contributed by atoms with E-state index >= 15 is 0 Å². The van der Waals surface area contributed by atoms with Gasteiger partial charge in [0, 0.05) is 18.8 Å². The second-order valence-corrected chi connectivity index (χ2v) is 3.76. The number of aromatic nitrogens is 3. The summed E-state index contributed by atoms with van der Waals surface area (Å²) < 4.78 is 1.63. The van der Waals surface area contributed by atoms with Gasteiger partial charge in [-0.25, -0.2) is 14.8 Å². The third-order valence-corrected chi connectivity index (χ3v) is 2.54. The van der Waals surface area contributed by atoms with E-state index in [1.54, 1.807) is 17.0 Å². The Morgan fingerprint density at radius 1 is 1.53 bits per heavy atom. The predicted octanol–water partition coefficient (Wildman–Crippen LogP) is 2.18. The SMILES string of the molecule is CCc1nccn1-c1nc(Cl)ccc1C(=O)O. The van der Waals surface area contributed by atoms with Gasteiger partial charge in [-0.15, -0.1) is 0 Å². The molecule has 0 aliphatic heterocycles. The van der Waals surface area contributed by atoms with Crippen LogP contribution in [0.5, 0.6) is 0 Å². The molecule has 0 unspecified atom stereocenters. The molecule has 0 bridgehead atoms. The molecule has 2 rings (SSSR count). The summed E-state index contributed by atoms with van der Waals surface area (Å²) in [7, 11) is 0. The van der Waals surface area contributed by atoms with Gasteiger partial charge in [0.25, 0.3) is 0 Å².